The number of nitrogens with zero attached hydrogens (tertiary/aromatic N) is 3. The molecule has 1 rings (SSSR count). The second-order valence-electron chi connectivity index (χ2n) is 4.06. The van der Waals surface area contributed by atoms with E-state index in [-0.39, 0.29) is 0 Å². The zero-order valence-electron chi connectivity index (χ0n) is 9.27. The van der Waals surface area contributed by atoms with Gasteiger partial charge in [0.2, 0.25) is 0 Å². The number of hydrogen-bond acceptors (Lipinski definition) is 3. The van der Waals surface area contributed by atoms with Gasteiger partial charge in [0, 0.05) is 31.9 Å². The Labute approximate surface area is 85.7 Å². The van der Waals surface area contributed by atoms with Crippen molar-refractivity contribution in [3.05, 3.63) is 18.0 Å². The lowest BCUT2D eigenvalue weighted by molar-refractivity contribution is 0.282. The van der Waals surface area contributed by atoms with Gasteiger partial charge in [-0.3, -0.25) is 4.68 Å². The van der Waals surface area contributed by atoms with E-state index in [2.05, 4.69) is 24.0 Å². The van der Waals surface area contributed by atoms with Crippen molar-refractivity contribution in [2.75, 3.05) is 20.1 Å². The monoisotopic (exact) mass is 196 g/mol. The van der Waals surface area contributed by atoms with E-state index in [1.807, 2.05) is 24.1 Å². The zero-order valence-corrected chi connectivity index (χ0v) is 9.27. The fraction of sp³-hybridized carbons (Fsp3) is 0.700. The zero-order chi connectivity index (χ0) is 10.6. The molecule has 1 heterocycles. The minimum absolute atomic E-state index is 0.552. The van der Waals surface area contributed by atoms with Gasteiger partial charge in [0.15, 0.2) is 0 Å². The summed E-state index contributed by atoms with van der Waals surface area (Å²) in [5.74, 6) is 0.552. The predicted molar refractivity (Wildman–Crippen MR) is 57.8 cm³/mol. The summed E-state index contributed by atoms with van der Waals surface area (Å²) in [6.07, 6.45) is 3.95. The summed E-state index contributed by atoms with van der Waals surface area (Å²) in [6.45, 7) is 4.89. The van der Waals surface area contributed by atoms with E-state index in [0.717, 1.165) is 19.6 Å². The van der Waals surface area contributed by atoms with Crippen molar-refractivity contribution in [3.63, 3.8) is 0 Å². The van der Waals surface area contributed by atoms with E-state index < -0.39 is 0 Å². The molecular formula is C10H20N4. The Morgan fingerprint density at radius 2 is 2.36 bits per heavy atom. The Morgan fingerprint density at radius 1 is 1.64 bits per heavy atom. The summed E-state index contributed by atoms with van der Waals surface area (Å²) in [5.41, 5.74) is 6.82. The summed E-state index contributed by atoms with van der Waals surface area (Å²) < 4.78 is 1.83. The first-order valence-corrected chi connectivity index (χ1v) is 4.98. The molecule has 0 radical (unpaired) electrons. The SMILES string of the molecule is CC(CN)CN(C)Cc1cnn(C)c1. The molecule has 0 amide bonds. The van der Waals surface area contributed by atoms with Crippen LogP contribution in [0.4, 0.5) is 0 Å². The molecule has 0 saturated heterocycles. The molecule has 0 bridgehead atoms. The lowest BCUT2D eigenvalue weighted by Gasteiger charge is -2.19. The molecule has 0 saturated carbocycles. The van der Waals surface area contributed by atoms with Crippen molar-refractivity contribution in [1.82, 2.24) is 14.7 Å². The Kier molecular flexibility index (Phi) is 4.10. The first kappa shape index (κ1) is 11.2. The highest BCUT2D eigenvalue weighted by atomic mass is 15.2. The summed E-state index contributed by atoms with van der Waals surface area (Å²) in [7, 11) is 4.05. The van der Waals surface area contributed by atoms with Gasteiger partial charge in [-0.15, -0.1) is 0 Å². The van der Waals surface area contributed by atoms with E-state index in [1.54, 1.807) is 0 Å². The van der Waals surface area contributed by atoms with Crippen molar-refractivity contribution < 1.29 is 0 Å². The molecule has 1 aromatic heterocycles. The third-order valence-electron chi connectivity index (χ3n) is 2.24. The average Bonchev–Trinajstić information content (AvgIpc) is 2.50. The largest absolute Gasteiger partial charge is 0.330 e. The molecule has 0 aliphatic rings. The fourth-order valence-corrected chi connectivity index (χ4v) is 1.54. The third kappa shape index (κ3) is 3.47. The van der Waals surface area contributed by atoms with Gasteiger partial charge < -0.3 is 10.6 Å². The van der Waals surface area contributed by atoms with Gasteiger partial charge in [0.1, 0.15) is 0 Å². The topological polar surface area (TPSA) is 47.1 Å². The van der Waals surface area contributed by atoms with Gasteiger partial charge in [-0.05, 0) is 19.5 Å². The number of aromatic nitrogens is 2. The van der Waals surface area contributed by atoms with Crippen LogP contribution >= 0.6 is 0 Å². The van der Waals surface area contributed by atoms with Gasteiger partial charge in [-0.2, -0.15) is 5.10 Å². The van der Waals surface area contributed by atoms with Crippen LogP contribution in [-0.2, 0) is 13.6 Å². The minimum atomic E-state index is 0.552. The summed E-state index contributed by atoms with van der Waals surface area (Å²) in [4.78, 5) is 2.27. The maximum absolute atomic E-state index is 5.57. The molecule has 0 fully saturated rings. The van der Waals surface area contributed by atoms with Crippen molar-refractivity contribution in [1.29, 1.82) is 0 Å². The van der Waals surface area contributed by atoms with Gasteiger partial charge >= 0.3 is 0 Å². The highest BCUT2D eigenvalue weighted by Gasteiger charge is 2.06. The molecule has 4 nitrogen and oxygen atoms in total. The Balaban J connectivity index is 2.37. The maximum Gasteiger partial charge on any atom is 0.0534 e. The number of hydrogen-bond donors (Lipinski definition) is 1. The molecule has 14 heavy (non-hydrogen) atoms. The van der Waals surface area contributed by atoms with Crippen LogP contribution in [0.5, 0.6) is 0 Å². The molecule has 80 valence electrons. The van der Waals surface area contributed by atoms with Gasteiger partial charge in [-0.1, -0.05) is 6.92 Å². The van der Waals surface area contributed by atoms with Crippen LogP contribution in [-0.4, -0.2) is 34.8 Å². The number of nitrogens with two attached hydrogens (primary N) is 1. The molecule has 1 unspecified atom stereocenters. The third-order valence-corrected chi connectivity index (χ3v) is 2.24. The van der Waals surface area contributed by atoms with Crippen LogP contribution in [0.1, 0.15) is 12.5 Å². The summed E-state index contributed by atoms with van der Waals surface area (Å²) in [6, 6.07) is 0. The fourth-order valence-electron chi connectivity index (χ4n) is 1.54. The van der Waals surface area contributed by atoms with Crippen LogP contribution in [0, 0.1) is 5.92 Å². The Bertz CT molecular complexity index is 269. The lowest BCUT2D eigenvalue weighted by Crippen LogP contribution is -2.27. The average molecular weight is 196 g/mol. The van der Waals surface area contributed by atoms with E-state index in [0.29, 0.717) is 5.92 Å². The van der Waals surface area contributed by atoms with Crippen LogP contribution < -0.4 is 5.73 Å². The van der Waals surface area contributed by atoms with Crippen molar-refractivity contribution >= 4 is 0 Å². The molecule has 0 aliphatic heterocycles. The van der Waals surface area contributed by atoms with Crippen molar-refractivity contribution in [3.8, 4) is 0 Å². The van der Waals surface area contributed by atoms with Crippen LogP contribution in [0.3, 0.4) is 0 Å². The van der Waals surface area contributed by atoms with Crippen molar-refractivity contribution in [2.24, 2.45) is 18.7 Å². The van der Waals surface area contributed by atoms with E-state index in [9.17, 15) is 0 Å². The molecule has 1 atom stereocenters. The van der Waals surface area contributed by atoms with E-state index in [4.69, 9.17) is 5.73 Å². The molecule has 4 heteroatoms. The smallest absolute Gasteiger partial charge is 0.0534 e. The number of rotatable bonds is 5. The van der Waals surface area contributed by atoms with Crippen LogP contribution in [0.2, 0.25) is 0 Å². The van der Waals surface area contributed by atoms with E-state index >= 15 is 0 Å². The van der Waals surface area contributed by atoms with Gasteiger partial charge in [-0.25, -0.2) is 0 Å². The lowest BCUT2D eigenvalue weighted by atomic mass is 10.1. The minimum Gasteiger partial charge on any atom is -0.330 e. The molecule has 0 spiro atoms. The first-order chi connectivity index (χ1) is 6.61. The molecule has 2 N–H and O–H groups in total. The number of aryl methyl sites for hydroxylation is 1. The summed E-state index contributed by atoms with van der Waals surface area (Å²) in [5, 5.41) is 4.13. The van der Waals surface area contributed by atoms with Crippen LogP contribution in [0.15, 0.2) is 12.4 Å². The summed E-state index contributed by atoms with van der Waals surface area (Å²) >= 11 is 0. The first-order valence-electron chi connectivity index (χ1n) is 4.98. The quantitative estimate of drug-likeness (QED) is 0.743. The predicted octanol–water partition coefficient (Wildman–Crippen LogP) is 0.447. The molecule has 1 aromatic rings. The van der Waals surface area contributed by atoms with Crippen molar-refractivity contribution in [2.45, 2.75) is 13.5 Å². The normalized spacial score (nSPS) is 13.5. The standard InChI is InChI=1S/C10H20N4/c1-9(4-11)6-13(2)7-10-5-12-14(3)8-10/h5,8-9H,4,6-7,11H2,1-3H3. The highest BCUT2D eigenvalue weighted by molar-refractivity contribution is 5.02. The molecular weight excluding hydrogens is 176 g/mol. The molecule has 0 aromatic carbocycles. The molecule has 0 aliphatic carbocycles. The second-order valence-corrected chi connectivity index (χ2v) is 4.06. The highest BCUT2D eigenvalue weighted by Crippen LogP contribution is 2.03. The van der Waals surface area contributed by atoms with Crippen LogP contribution in [0.25, 0.3) is 0 Å². The Hall–Kier alpha value is -0.870. The van der Waals surface area contributed by atoms with E-state index in [1.165, 1.54) is 5.56 Å². The van der Waals surface area contributed by atoms with Gasteiger partial charge in [0.05, 0.1) is 6.20 Å². The second kappa shape index (κ2) is 5.12. The Morgan fingerprint density at radius 3 is 2.86 bits per heavy atom. The van der Waals surface area contributed by atoms with Gasteiger partial charge in [0.25, 0.3) is 0 Å². The maximum atomic E-state index is 5.57.